The Morgan fingerprint density at radius 3 is 2.38 bits per heavy atom. The second-order valence-corrected chi connectivity index (χ2v) is 3.63. The maximum atomic E-state index is 6.90. The van der Waals surface area contributed by atoms with Gasteiger partial charge in [-0.25, -0.2) is 0 Å². The standard InChI is InChI=1S/C11H18N.C3H4.Y/c1-10(2)7-5-4-6-8-11(3)9-12;1-3-2;/h4,6,9-10,12H,5,7H2,1-3H3;1H,2H3;/q-1;;/b6-4-,12-9?;;. The van der Waals surface area contributed by atoms with Crippen LogP contribution in [0.2, 0.25) is 0 Å². The summed E-state index contributed by atoms with van der Waals surface area (Å²) in [5.41, 5.74) is 0.871. The van der Waals surface area contributed by atoms with Crippen molar-refractivity contribution in [2.75, 3.05) is 0 Å². The van der Waals surface area contributed by atoms with Gasteiger partial charge in [-0.05, 0) is 12.8 Å². The summed E-state index contributed by atoms with van der Waals surface area (Å²) >= 11 is 0. The Hall–Kier alpha value is -0.186. The monoisotopic (exact) mass is 293 g/mol. The van der Waals surface area contributed by atoms with Crippen LogP contribution in [0.25, 0.3) is 0 Å². The van der Waals surface area contributed by atoms with Crippen molar-refractivity contribution in [2.45, 2.75) is 40.5 Å². The topological polar surface area (TPSA) is 23.9 Å². The van der Waals surface area contributed by atoms with Gasteiger partial charge in [-0.15, -0.1) is 17.9 Å². The van der Waals surface area contributed by atoms with E-state index >= 15 is 0 Å². The van der Waals surface area contributed by atoms with E-state index in [1.54, 1.807) is 6.92 Å². The van der Waals surface area contributed by atoms with Crippen molar-refractivity contribution in [3.63, 3.8) is 0 Å². The van der Waals surface area contributed by atoms with E-state index in [4.69, 9.17) is 5.41 Å². The van der Waals surface area contributed by atoms with Gasteiger partial charge in [0.1, 0.15) is 0 Å². The molecule has 0 fully saturated rings. The van der Waals surface area contributed by atoms with Gasteiger partial charge in [0.25, 0.3) is 0 Å². The van der Waals surface area contributed by atoms with Crippen LogP contribution in [0, 0.1) is 29.7 Å². The minimum Gasteiger partial charge on any atom is -0.372 e. The first-order valence-corrected chi connectivity index (χ1v) is 5.21. The summed E-state index contributed by atoms with van der Waals surface area (Å²) in [4.78, 5) is 0. The van der Waals surface area contributed by atoms with Crippen LogP contribution in [-0.4, -0.2) is 6.21 Å². The number of terminal acetylenes is 1. The Kier molecular flexibility index (Phi) is 22.7. The summed E-state index contributed by atoms with van der Waals surface area (Å²) in [6.45, 7) is 7.96. The molecule has 0 atom stereocenters. The van der Waals surface area contributed by atoms with E-state index in [2.05, 4.69) is 38.3 Å². The fourth-order valence-corrected chi connectivity index (χ4v) is 0.745. The number of allylic oxidation sites excluding steroid dienone is 4. The number of rotatable bonds is 5. The molecule has 0 aliphatic carbocycles. The first kappa shape index (κ1) is 21.1. The van der Waals surface area contributed by atoms with Crippen LogP contribution < -0.4 is 0 Å². The van der Waals surface area contributed by atoms with Gasteiger partial charge in [0.05, 0.1) is 0 Å². The van der Waals surface area contributed by atoms with Crippen molar-refractivity contribution < 1.29 is 32.7 Å². The normalized spacial score (nSPS) is 10.1. The summed E-state index contributed by atoms with van der Waals surface area (Å²) in [6, 6.07) is 0. The Labute approximate surface area is 126 Å². The van der Waals surface area contributed by atoms with Crippen LogP contribution in [0.1, 0.15) is 40.5 Å². The quantitative estimate of drug-likeness (QED) is 0.343. The molecule has 0 aromatic heterocycles. The average Bonchev–Trinajstić information content (AvgIpc) is 2.17. The zero-order valence-electron chi connectivity index (χ0n) is 10.9. The maximum Gasteiger partial charge on any atom is 0 e. The smallest absolute Gasteiger partial charge is 0 e. The van der Waals surface area contributed by atoms with E-state index in [0.717, 1.165) is 17.9 Å². The second-order valence-electron chi connectivity index (χ2n) is 3.63. The summed E-state index contributed by atoms with van der Waals surface area (Å²) in [6.07, 6.45) is 15.2. The van der Waals surface area contributed by atoms with Crippen LogP contribution >= 0.6 is 0 Å². The molecule has 0 rings (SSSR count). The predicted octanol–water partition coefficient (Wildman–Crippen LogP) is 4.01. The molecule has 87 valence electrons. The van der Waals surface area contributed by atoms with Crippen molar-refractivity contribution in [2.24, 2.45) is 5.92 Å². The van der Waals surface area contributed by atoms with Gasteiger partial charge in [0.2, 0.25) is 0 Å². The van der Waals surface area contributed by atoms with Gasteiger partial charge >= 0.3 is 0 Å². The number of nitrogens with one attached hydrogen (secondary N) is 1. The van der Waals surface area contributed by atoms with E-state index in [-0.39, 0.29) is 32.7 Å². The molecule has 0 aromatic rings. The summed E-state index contributed by atoms with van der Waals surface area (Å²) in [7, 11) is 0. The SMILES string of the molecule is C#CC.CC(=[C-]/C=C\CCC(C)C)C=N.[Y]. The van der Waals surface area contributed by atoms with Crippen LogP contribution in [0.15, 0.2) is 17.7 Å². The first-order chi connectivity index (χ1) is 7.08. The van der Waals surface area contributed by atoms with E-state index in [1.807, 2.05) is 13.0 Å². The Morgan fingerprint density at radius 1 is 1.50 bits per heavy atom. The predicted molar refractivity (Wildman–Crippen MR) is 68.9 cm³/mol. The fraction of sp³-hybridized carbons (Fsp3) is 0.500. The minimum absolute atomic E-state index is 0. The van der Waals surface area contributed by atoms with Gasteiger partial charge in [0, 0.05) is 32.7 Å². The van der Waals surface area contributed by atoms with Gasteiger partial charge < -0.3 is 5.41 Å². The molecule has 1 nitrogen and oxygen atoms in total. The fourth-order valence-electron chi connectivity index (χ4n) is 0.745. The van der Waals surface area contributed by atoms with E-state index in [9.17, 15) is 0 Å². The molecular formula is C14H22NY-. The number of hydrogen-bond donors (Lipinski definition) is 1. The first-order valence-electron chi connectivity index (χ1n) is 5.21. The maximum absolute atomic E-state index is 6.90. The zero-order chi connectivity index (χ0) is 12.1. The van der Waals surface area contributed by atoms with Crippen molar-refractivity contribution in [3.05, 3.63) is 23.8 Å². The van der Waals surface area contributed by atoms with Crippen molar-refractivity contribution in [1.82, 2.24) is 0 Å². The third-order valence-electron chi connectivity index (χ3n) is 1.56. The largest absolute Gasteiger partial charge is 0.372 e. The molecular weight excluding hydrogens is 271 g/mol. The molecule has 0 bridgehead atoms. The second kappa shape index (κ2) is 17.2. The molecule has 0 aromatic carbocycles. The summed E-state index contributed by atoms with van der Waals surface area (Å²) < 4.78 is 0. The summed E-state index contributed by atoms with van der Waals surface area (Å²) in [5, 5.41) is 6.90. The van der Waals surface area contributed by atoms with Gasteiger partial charge in [-0.1, -0.05) is 39.8 Å². The van der Waals surface area contributed by atoms with E-state index in [0.29, 0.717) is 0 Å². The Bertz CT molecular complexity index is 244. The van der Waals surface area contributed by atoms with Crippen molar-refractivity contribution in [1.29, 1.82) is 5.41 Å². The molecule has 0 saturated carbocycles. The van der Waals surface area contributed by atoms with E-state index < -0.39 is 0 Å². The van der Waals surface area contributed by atoms with Gasteiger partial charge in [0.15, 0.2) is 0 Å². The van der Waals surface area contributed by atoms with Crippen LogP contribution in [0.5, 0.6) is 0 Å². The molecule has 0 aliphatic rings. The molecule has 1 radical (unpaired) electrons. The van der Waals surface area contributed by atoms with Gasteiger partial charge in [-0.3, -0.25) is 0 Å². The molecule has 0 aliphatic heterocycles. The Balaban J connectivity index is -0.000000377. The molecule has 0 saturated heterocycles. The number of hydrogen-bond acceptors (Lipinski definition) is 1. The van der Waals surface area contributed by atoms with E-state index in [1.165, 1.54) is 12.6 Å². The van der Waals surface area contributed by atoms with Crippen molar-refractivity contribution >= 4 is 6.21 Å². The zero-order valence-corrected chi connectivity index (χ0v) is 13.7. The molecule has 0 spiro atoms. The molecule has 2 heteroatoms. The molecule has 1 N–H and O–H groups in total. The summed E-state index contributed by atoms with van der Waals surface area (Å²) in [5.74, 6) is 3.02. The Morgan fingerprint density at radius 2 is 2.00 bits per heavy atom. The van der Waals surface area contributed by atoms with Crippen LogP contribution in [0.3, 0.4) is 0 Å². The molecule has 0 unspecified atom stereocenters. The molecule has 16 heavy (non-hydrogen) atoms. The van der Waals surface area contributed by atoms with Crippen LogP contribution in [0.4, 0.5) is 0 Å². The van der Waals surface area contributed by atoms with Crippen LogP contribution in [-0.2, 0) is 32.7 Å². The third-order valence-corrected chi connectivity index (χ3v) is 1.56. The van der Waals surface area contributed by atoms with Crippen molar-refractivity contribution in [3.8, 4) is 12.3 Å². The average molecular weight is 293 g/mol. The minimum atomic E-state index is 0. The molecule has 0 heterocycles. The van der Waals surface area contributed by atoms with Gasteiger partial charge in [-0.2, -0.15) is 18.2 Å². The molecule has 0 amide bonds. The third kappa shape index (κ3) is 23.6.